The van der Waals surface area contributed by atoms with E-state index >= 15 is 0 Å². The molecule has 1 aliphatic heterocycles. The van der Waals surface area contributed by atoms with E-state index in [4.69, 9.17) is 27.9 Å². The van der Waals surface area contributed by atoms with Crippen LogP contribution in [0.1, 0.15) is 46.4 Å². The van der Waals surface area contributed by atoms with Gasteiger partial charge in [0.25, 0.3) is 17.7 Å². The van der Waals surface area contributed by atoms with E-state index in [9.17, 15) is 19.2 Å². The molecule has 1 heterocycles. The second kappa shape index (κ2) is 9.53. The topological polar surface area (TPSA) is 84.0 Å². The Kier molecular flexibility index (Phi) is 6.72. The number of carbonyl (C=O) groups excluding carboxylic acids is 4. The van der Waals surface area contributed by atoms with Crippen molar-refractivity contribution in [3.63, 3.8) is 0 Å². The summed E-state index contributed by atoms with van der Waals surface area (Å²) in [7, 11) is 1.51. The lowest BCUT2D eigenvalue weighted by Gasteiger charge is -2.30. The average molecular weight is 489 g/mol. The Hall–Kier alpha value is -2.90. The first-order valence-corrected chi connectivity index (χ1v) is 11.4. The van der Waals surface area contributed by atoms with Crippen molar-refractivity contribution in [2.75, 3.05) is 13.7 Å². The lowest BCUT2D eigenvalue weighted by atomic mass is 9.81. The molecule has 9 heteroatoms. The Balaban J connectivity index is 1.70. The van der Waals surface area contributed by atoms with E-state index in [1.54, 1.807) is 24.3 Å². The predicted octanol–water partition coefficient (Wildman–Crippen LogP) is 4.42. The van der Waals surface area contributed by atoms with E-state index in [-0.39, 0.29) is 10.6 Å². The standard InChI is InChI=1S/C24H22Cl2N2O5/c1-33-16-9-6-14(7-10-16)21(29)13-27(22(30)19-11-8-15(25)12-20(19)26)28-23(31)17-4-2-3-5-18(17)24(28)32/h6-12,17-18H,2-5,13H2,1H3/t17-,18+. The van der Waals surface area contributed by atoms with E-state index in [2.05, 4.69) is 0 Å². The van der Waals surface area contributed by atoms with Crippen molar-refractivity contribution in [1.82, 2.24) is 10.0 Å². The number of benzene rings is 2. The van der Waals surface area contributed by atoms with Gasteiger partial charge in [-0.05, 0) is 55.3 Å². The molecule has 0 bridgehead atoms. The van der Waals surface area contributed by atoms with Crippen molar-refractivity contribution >= 4 is 46.7 Å². The Morgan fingerprint density at radius 3 is 2.15 bits per heavy atom. The van der Waals surface area contributed by atoms with Crippen molar-refractivity contribution in [3.8, 4) is 5.75 Å². The summed E-state index contributed by atoms with van der Waals surface area (Å²) in [6.45, 7) is -0.499. The minimum absolute atomic E-state index is 0.0408. The molecule has 2 atom stereocenters. The van der Waals surface area contributed by atoms with Crippen molar-refractivity contribution in [2.45, 2.75) is 25.7 Å². The molecule has 7 nitrogen and oxygen atoms in total. The molecule has 1 saturated heterocycles. The molecule has 4 rings (SSSR count). The van der Waals surface area contributed by atoms with Crippen molar-refractivity contribution < 1.29 is 23.9 Å². The molecule has 2 aliphatic rings. The van der Waals surface area contributed by atoms with Crippen LogP contribution in [-0.2, 0) is 9.59 Å². The molecule has 0 aromatic heterocycles. The Labute approximate surface area is 201 Å². The van der Waals surface area contributed by atoms with Gasteiger partial charge in [-0.2, -0.15) is 5.01 Å². The summed E-state index contributed by atoms with van der Waals surface area (Å²) in [5.74, 6) is -2.44. The van der Waals surface area contributed by atoms with E-state index < -0.39 is 41.9 Å². The van der Waals surface area contributed by atoms with Crippen molar-refractivity contribution in [1.29, 1.82) is 0 Å². The first kappa shape index (κ1) is 23.3. The Morgan fingerprint density at radius 1 is 1.00 bits per heavy atom. The molecule has 0 spiro atoms. The number of carbonyl (C=O) groups is 4. The number of amides is 3. The highest BCUT2D eigenvalue weighted by Gasteiger charge is 2.52. The fourth-order valence-electron chi connectivity index (χ4n) is 4.42. The lowest BCUT2D eigenvalue weighted by Crippen LogP contribution is -2.52. The van der Waals surface area contributed by atoms with Gasteiger partial charge in [0, 0.05) is 10.6 Å². The number of hydrogen-bond donors (Lipinski definition) is 0. The van der Waals surface area contributed by atoms with Crippen LogP contribution in [-0.4, -0.2) is 47.2 Å². The zero-order chi connectivity index (χ0) is 23.7. The highest BCUT2D eigenvalue weighted by molar-refractivity contribution is 6.36. The summed E-state index contributed by atoms with van der Waals surface area (Å²) in [5.41, 5.74) is 0.353. The molecule has 0 unspecified atom stereocenters. The van der Waals surface area contributed by atoms with Crippen LogP contribution < -0.4 is 4.74 Å². The average Bonchev–Trinajstić information content (AvgIpc) is 3.07. The molecule has 0 radical (unpaired) electrons. The molecule has 172 valence electrons. The van der Waals surface area contributed by atoms with E-state index in [1.807, 2.05) is 0 Å². The number of Topliss-reactive ketones (excluding diaryl/α,β-unsaturated/α-hetero) is 1. The van der Waals surface area contributed by atoms with Gasteiger partial charge in [0.15, 0.2) is 5.78 Å². The van der Waals surface area contributed by atoms with Gasteiger partial charge in [-0.1, -0.05) is 36.0 Å². The highest BCUT2D eigenvalue weighted by Crippen LogP contribution is 2.39. The quantitative estimate of drug-likeness (QED) is 0.443. The molecule has 1 saturated carbocycles. The number of ether oxygens (including phenoxy) is 1. The van der Waals surface area contributed by atoms with Gasteiger partial charge in [0.2, 0.25) is 0 Å². The summed E-state index contributed by atoms with van der Waals surface area (Å²) in [4.78, 5) is 53.0. The maximum atomic E-state index is 13.5. The maximum absolute atomic E-state index is 13.5. The minimum Gasteiger partial charge on any atom is -0.497 e. The van der Waals surface area contributed by atoms with Crippen LogP contribution in [0.5, 0.6) is 5.75 Å². The molecule has 0 N–H and O–H groups in total. The number of methoxy groups -OCH3 is 1. The van der Waals surface area contributed by atoms with Crippen LogP contribution in [0.4, 0.5) is 0 Å². The van der Waals surface area contributed by atoms with E-state index in [0.717, 1.165) is 22.9 Å². The molecule has 2 fully saturated rings. The fraction of sp³-hybridized carbons (Fsp3) is 0.333. The Bertz CT molecular complexity index is 1090. The third-order valence-electron chi connectivity index (χ3n) is 6.16. The first-order chi connectivity index (χ1) is 15.8. The zero-order valence-corrected chi connectivity index (χ0v) is 19.4. The third-order valence-corrected chi connectivity index (χ3v) is 6.71. The minimum atomic E-state index is -0.723. The summed E-state index contributed by atoms with van der Waals surface area (Å²) in [6.07, 6.45) is 2.86. The Morgan fingerprint density at radius 2 is 1.61 bits per heavy atom. The number of halogens is 2. The molecule has 1 aliphatic carbocycles. The molecule has 2 aromatic rings. The zero-order valence-electron chi connectivity index (χ0n) is 17.9. The number of imide groups is 1. The van der Waals surface area contributed by atoms with Crippen LogP contribution in [0.15, 0.2) is 42.5 Å². The van der Waals surface area contributed by atoms with Crippen LogP contribution in [0.2, 0.25) is 10.0 Å². The molecule has 2 aromatic carbocycles. The molecular weight excluding hydrogens is 467 g/mol. The van der Waals surface area contributed by atoms with Crippen LogP contribution in [0.25, 0.3) is 0 Å². The number of rotatable bonds is 6. The predicted molar refractivity (Wildman–Crippen MR) is 122 cm³/mol. The summed E-state index contributed by atoms with van der Waals surface area (Å²) in [6, 6.07) is 10.7. The monoisotopic (exact) mass is 488 g/mol. The highest BCUT2D eigenvalue weighted by atomic mass is 35.5. The normalized spacial score (nSPS) is 19.9. The molecular formula is C24H22Cl2N2O5. The van der Waals surface area contributed by atoms with Gasteiger partial charge in [0.05, 0.1) is 29.5 Å². The largest absolute Gasteiger partial charge is 0.497 e. The SMILES string of the molecule is COc1ccc(C(=O)CN(C(=O)c2ccc(Cl)cc2Cl)N2C(=O)[C@H]3CCCC[C@H]3C2=O)cc1. The molecule has 33 heavy (non-hydrogen) atoms. The smallest absolute Gasteiger partial charge is 0.274 e. The fourth-order valence-corrected chi connectivity index (χ4v) is 4.91. The second-order valence-electron chi connectivity index (χ2n) is 8.12. The number of nitrogens with zero attached hydrogens (tertiary/aromatic N) is 2. The van der Waals surface area contributed by atoms with Gasteiger partial charge in [-0.25, -0.2) is 5.01 Å². The van der Waals surface area contributed by atoms with E-state index in [1.165, 1.54) is 25.3 Å². The second-order valence-corrected chi connectivity index (χ2v) is 8.97. The van der Waals surface area contributed by atoms with Gasteiger partial charge < -0.3 is 4.74 Å². The summed E-state index contributed by atoms with van der Waals surface area (Å²) in [5, 5.41) is 2.17. The van der Waals surface area contributed by atoms with Gasteiger partial charge in [-0.15, -0.1) is 0 Å². The lowest BCUT2D eigenvalue weighted by molar-refractivity contribution is -0.154. The van der Waals surface area contributed by atoms with Gasteiger partial charge >= 0.3 is 0 Å². The number of hydrazine groups is 1. The van der Waals surface area contributed by atoms with Crippen LogP contribution in [0.3, 0.4) is 0 Å². The molecule has 3 amide bonds. The maximum Gasteiger partial charge on any atom is 0.274 e. The van der Waals surface area contributed by atoms with Crippen molar-refractivity contribution in [2.24, 2.45) is 11.8 Å². The van der Waals surface area contributed by atoms with Crippen LogP contribution in [0, 0.1) is 11.8 Å². The van der Waals surface area contributed by atoms with Gasteiger partial charge in [0.1, 0.15) is 12.3 Å². The van der Waals surface area contributed by atoms with E-state index in [0.29, 0.717) is 29.2 Å². The first-order valence-electron chi connectivity index (χ1n) is 10.6. The van der Waals surface area contributed by atoms with Crippen molar-refractivity contribution in [3.05, 3.63) is 63.6 Å². The number of hydrogen-bond acceptors (Lipinski definition) is 5. The number of fused-ring (bicyclic) bond motifs is 1. The van der Waals surface area contributed by atoms with Crippen LogP contribution >= 0.6 is 23.2 Å². The third kappa shape index (κ3) is 4.48. The number of ketones is 1. The van der Waals surface area contributed by atoms with Gasteiger partial charge in [-0.3, -0.25) is 19.2 Å². The summed E-state index contributed by atoms with van der Waals surface area (Å²) >= 11 is 12.2. The summed E-state index contributed by atoms with van der Waals surface area (Å²) < 4.78 is 5.11.